The van der Waals surface area contributed by atoms with Crippen LogP contribution in [0.15, 0.2) is 0 Å². The van der Waals surface area contributed by atoms with Crippen LogP contribution in [-0.4, -0.2) is 22.3 Å². The fraction of sp³-hybridized carbons (Fsp3) is 0.933. The van der Waals surface area contributed by atoms with Gasteiger partial charge in [-0.3, -0.25) is 4.79 Å². The second kappa shape index (κ2) is 4.84. The van der Waals surface area contributed by atoms with Crippen molar-refractivity contribution in [2.24, 2.45) is 11.8 Å². The molecule has 18 heavy (non-hydrogen) atoms. The van der Waals surface area contributed by atoms with E-state index < -0.39 is 5.60 Å². The van der Waals surface area contributed by atoms with Crippen LogP contribution in [0.3, 0.4) is 0 Å². The Balaban J connectivity index is 2.13. The molecule has 3 nitrogen and oxygen atoms in total. The zero-order valence-corrected chi connectivity index (χ0v) is 11.9. The highest BCUT2D eigenvalue weighted by Gasteiger charge is 2.55. The number of hydrogen-bond donors (Lipinski definition) is 1. The van der Waals surface area contributed by atoms with Crippen molar-refractivity contribution in [1.29, 1.82) is 0 Å². The van der Waals surface area contributed by atoms with E-state index >= 15 is 0 Å². The van der Waals surface area contributed by atoms with Gasteiger partial charge in [0.15, 0.2) is 0 Å². The van der Waals surface area contributed by atoms with Gasteiger partial charge in [-0.25, -0.2) is 0 Å². The van der Waals surface area contributed by atoms with Crippen molar-refractivity contribution in [2.75, 3.05) is 0 Å². The first-order valence-corrected chi connectivity index (χ1v) is 7.34. The van der Waals surface area contributed by atoms with Crippen LogP contribution in [0.2, 0.25) is 0 Å². The summed E-state index contributed by atoms with van der Waals surface area (Å²) >= 11 is 0. The summed E-state index contributed by atoms with van der Waals surface area (Å²) in [6, 6.07) is 0. The first kappa shape index (κ1) is 13.9. The Bertz CT molecular complexity index is 324. The monoisotopic (exact) mass is 254 g/mol. The molecule has 2 saturated carbocycles. The molecule has 0 radical (unpaired) electrons. The summed E-state index contributed by atoms with van der Waals surface area (Å²) < 4.78 is 5.89. The minimum Gasteiger partial charge on any atom is -0.458 e. The third-order valence-electron chi connectivity index (χ3n) is 4.83. The lowest BCUT2D eigenvalue weighted by Gasteiger charge is -2.39. The number of fused-ring (bicyclic) bond motifs is 1. The molecule has 0 bridgehead atoms. The van der Waals surface area contributed by atoms with Crippen LogP contribution < -0.4 is 0 Å². The molecule has 0 aromatic rings. The molecule has 0 aromatic carbocycles. The molecule has 4 unspecified atom stereocenters. The minimum absolute atomic E-state index is 0.0347. The van der Waals surface area contributed by atoms with Gasteiger partial charge in [0, 0.05) is 12.3 Å². The summed E-state index contributed by atoms with van der Waals surface area (Å²) in [6.07, 6.45) is 6.53. The summed E-state index contributed by atoms with van der Waals surface area (Å²) in [6.45, 7) is 5.81. The van der Waals surface area contributed by atoms with Gasteiger partial charge in [0.25, 0.3) is 0 Å². The van der Waals surface area contributed by atoms with E-state index in [4.69, 9.17) is 4.74 Å². The van der Waals surface area contributed by atoms with Crippen LogP contribution in [0.5, 0.6) is 0 Å². The molecule has 4 atom stereocenters. The first-order chi connectivity index (χ1) is 8.38. The quantitative estimate of drug-likeness (QED) is 0.787. The molecular weight excluding hydrogens is 228 g/mol. The average molecular weight is 254 g/mol. The van der Waals surface area contributed by atoms with E-state index in [-0.39, 0.29) is 17.5 Å². The number of carbonyl (C=O) groups is 1. The molecule has 0 amide bonds. The van der Waals surface area contributed by atoms with Crippen LogP contribution in [0.4, 0.5) is 0 Å². The normalized spacial score (nSPS) is 41.2. The van der Waals surface area contributed by atoms with Gasteiger partial charge in [0.05, 0.1) is 11.5 Å². The fourth-order valence-electron chi connectivity index (χ4n) is 3.69. The van der Waals surface area contributed by atoms with Crippen molar-refractivity contribution in [3.63, 3.8) is 0 Å². The van der Waals surface area contributed by atoms with Gasteiger partial charge < -0.3 is 9.84 Å². The van der Waals surface area contributed by atoms with Crippen LogP contribution in [0, 0.1) is 11.8 Å². The zero-order chi connectivity index (χ0) is 13.4. The van der Waals surface area contributed by atoms with E-state index in [1.165, 1.54) is 6.42 Å². The molecule has 2 aliphatic rings. The third kappa shape index (κ3) is 2.56. The topological polar surface area (TPSA) is 46.5 Å². The minimum atomic E-state index is -0.662. The second-order valence-corrected chi connectivity index (χ2v) is 6.62. The van der Waals surface area contributed by atoms with Gasteiger partial charge in [-0.05, 0) is 39.0 Å². The largest absolute Gasteiger partial charge is 0.458 e. The number of rotatable bonds is 3. The molecule has 2 aliphatic carbocycles. The Morgan fingerprint density at radius 3 is 2.89 bits per heavy atom. The van der Waals surface area contributed by atoms with Gasteiger partial charge in [-0.15, -0.1) is 0 Å². The lowest BCUT2D eigenvalue weighted by atomic mass is 9.77. The van der Waals surface area contributed by atoms with Gasteiger partial charge in [0.1, 0.15) is 5.60 Å². The van der Waals surface area contributed by atoms with Crippen molar-refractivity contribution in [2.45, 2.75) is 76.9 Å². The zero-order valence-electron chi connectivity index (χ0n) is 11.9. The highest BCUT2D eigenvalue weighted by molar-refractivity contribution is 5.72. The van der Waals surface area contributed by atoms with Gasteiger partial charge in [0.2, 0.25) is 0 Å². The molecular formula is C15H26O3. The predicted octanol–water partition coefficient (Wildman–Crippen LogP) is 3.05. The third-order valence-corrected chi connectivity index (χ3v) is 4.83. The van der Waals surface area contributed by atoms with Crippen LogP contribution in [-0.2, 0) is 9.53 Å². The summed E-state index contributed by atoms with van der Waals surface area (Å²) in [5.74, 6) is 0.240. The molecule has 104 valence electrons. The second-order valence-electron chi connectivity index (χ2n) is 6.62. The number of carbonyl (C=O) groups excluding carboxylic acids is 1. The van der Waals surface area contributed by atoms with Crippen molar-refractivity contribution in [3.05, 3.63) is 0 Å². The molecule has 1 N–H and O–H groups in total. The Hall–Kier alpha value is -0.570. The van der Waals surface area contributed by atoms with Crippen LogP contribution >= 0.6 is 0 Å². The Morgan fingerprint density at radius 2 is 2.22 bits per heavy atom. The van der Waals surface area contributed by atoms with Crippen molar-refractivity contribution in [3.8, 4) is 0 Å². The highest BCUT2D eigenvalue weighted by Crippen LogP contribution is 2.52. The summed E-state index contributed by atoms with van der Waals surface area (Å²) in [4.78, 5) is 12.1. The molecule has 0 heterocycles. The molecule has 3 heteroatoms. The van der Waals surface area contributed by atoms with E-state index in [2.05, 4.69) is 0 Å². The summed E-state index contributed by atoms with van der Waals surface area (Å²) in [5.41, 5.74) is -1.03. The number of hydrogen-bond acceptors (Lipinski definition) is 3. The molecule has 0 aromatic heterocycles. The summed E-state index contributed by atoms with van der Waals surface area (Å²) in [5, 5.41) is 10.3. The molecule has 2 fully saturated rings. The lowest BCUT2D eigenvalue weighted by molar-refractivity contribution is -0.173. The van der Waals surface area contributed by atoms with Crippen LogP contribution in [0.25, 0.3) is 0 Å². The molecule has 2 rings (SSSR count). The standard InChI is InChI=1S/C15H26O3/c1-4-11(2)13(16)18-15-8-6-5-7-12(15)9-14(3,17)10-15/h11-12,17H,4-10H2,1-3H3. The van der Waals surface area contributed by atoms with E-state index in [0.29, 0.717) is 12.3 Å². The maximum Gasteiger partial charge on any atom is 0.309 e. The number of ether oxygens (including phenoxy) is 1. The van der Waals surface area contributed by atoms with Crippen molar-refractivity contribution in [1.82, 2.24) is 0 Å². The van der Waals surface area contributed by atoms with Gasteiger partial charge >= 0.3 is 5.97 Å². The fourth-order valence-corrected chi connectivity index (χ4v) is 3.69. The lowest BCUT2D eigenvalue weighted by Crippen LogP contribution is -2.43. The number of aliphatic hydroxyl groups is 1. The van der Waals surface area contributed by atoms with E-state index in [9.17, 15) is 9.90 Å². The smallest absolute Gasteiger partial charge is 0.309 e. The highest BCUT2D eigenvalue weighted by atomic mass is 16.6. The summed E-state index contributed by atoms with van der Waals surface area (Å²) in [7, 11) is 0. The van der Waals surface area contributed by atoms with Crippen molar-refractivity contribution < 1.29 is 14.6 Å². The van der Waals surface area contributed by atoms with Gasteiger partial charge in [-0.1, -0.05) is 20.3 Å². The van der Waals surface area contributed by atoms with Crippen molar-refractivity contribution >= 4 is 5.97 Å². The molecule has 0 saturated heterocycles. The first-order valence-electron chi connectivity index (χ1n) is 7.34. The molecule has 0 aliphatic heterocycles. The van der Waals surface area contributed by atoms with Gasteiger partial charge in [-0.2, -0.15) is 0 Å². The van der Waals surface area contributed by atoms with Crippen LogP contribution in [0.1, 0.15) is 65.7 Å². The maximum absolute atomic E-state index is 12.1. The number of esters is 1. The Labute approximate surface area is 110 Å². The predicted molar refractivity (Wildman–Crippen MR) is 70.1 cm³/mol. The molecule has 0 spiro atoms. The van der Waals surface area contributed by atoms with E-state index in [1.54, 1.807) is 0 Å². The SMILES string of the molecule is CCC(C)C(=O)OC12CCCCC1CC(C)(O)C2. The van der Waals surface area contributed by atoms with E-state index in [0.717, 1.165) is 32.1 Å². The van der Waals surface area contributed by atoms with E-state index in [1.807, 2.05) is 20.8 Å². The Kier molecular flexibility index (Phi) is 3.72. The maximum atomic E-state index is 12.1. The Morgan fingerprint density at radius 1 is 1.50 bits per heavy atom. The average Bonchev–Trinajstić information content (AvgIpc) is 2.57.